The zero-order valence-corrected chi connectivity index (χ0v) is 15.8. The number of aryl methyl sites for hydroxylation is 1. The summed E-state index contributed by atoms with van der Waals surface area (Å²) in [6.07, 6.45) is 2.27. The van der Waals surface area contributed by atoms with Crippen molar-refractivity contribution in [1.82, 2.24) is 9.55 Å². The predicted molar refractivity (Wildman–Crippen MR) is 109 cm³/mol. The number of fused-ring (bicyclic) bond motifs is 2. The van der Waals surface area contributed by atoms with Crippen LogP contribution in [0.3, 0.4) is 0 Å². The van der Waals surface area contributed by atoms with Crippen molar-refractivity contribution in [3.05, 3.63) is 54.2 Å². The standard InChI is InChI=1S/C20H18N4O2S/c1-12(25)21-14-7-8-16-18(10-14)27-20(22-16)23-19(26)9-13-11-24(2)17-6-4-3-5-15(13)17/h3-8,10-11H,9H2,1-2H3,(H,21,25)(H,22,23,26). The number of amides is 2. The molecule has 2 aromatic carbocycles. The second-order valence-electron chi connectivity index (χ2n) is 6.39. The van der Waals surface area contributed by atoms with E-state index in [1.807, 2.05) is 54.2 Å². The summed E-state index contributed by atoms with van der Waals surface area (Å²) in [4.78, 5) is 28.2. The molecule has 2 amide bonds. The summed E-state index contributed by atoms with van der Waals surface area (Å²) >= 11 is 1.39. The fourth-order valence-corrected chi connectivity index (χ4v) is 4.08. The number of hydrogen-bond donors (Lipinski definition) is 2. The van der Waals surface area contributed by atoms with Gasteiger partial charge in [-0.15, -0.1) is 0 Å². The molecule has 6 nitrogen and oxygen atoms in total. The van der Waals surface area contributed by atoms with Gasteiger partial charge in [-0.05, 0) is 29.8 Å². The average molecular weight is 378 g/mol. The van der Waals surface area contributed by atoms with E-state index in [0.29, 0.717) is 10.8 Å². The van der Waals surface area contributed by atoms with Crippen LogP contribution in [-0.2, 0) is 23.1 Å². The van der Waals surface area contributed by atoms with Gasteiger partial charge in [0.05, 0.1) is 16.6 Å². The van der Waals surface area contributed by atoms with Crippen molar-refractivity contribution in [2.75, 3.05) is 10.6 Å². The van der Waals surface area contributed by atoms with Gasteiger partial charge < -0.3 is 15.2 Å². The Morgan fingerprint density at radius 2 is 1.96 bits per heavy atom. The number of para-hydroxylation sites is 1. The molecule has 2 N–H and O–H groups in total. The summed E-state index contributed by atoms with van der Waals surface area (Å²) in [7, 11) is 1.98. The highest BCUT2D eigenvalue weighted by molar-refractivity contribution is 7.22. The first-order chi connectivity index (χ1) is 13.0. The Bertz CT molecular complexity index is 1180. The molecule has 0 atom stereocenters. The summed E-state index contributed by atoms with van der Waals surface area (Å²) in [6.45, 7) is 1.47. The average Bonchev–Trinajstić information content (AvgIpc) is 3.15. The number of benzene rings is 2. The Kier molecular flexibility index (Phi) is 4.37. The molecular weight excluding hydrogens is 360 g/mol. The number of carbonyl (C=O) groups is 2. The maximum atomic E-state index is 12.5. The van der Waals surface area contributed by atoms with Crippen LogP contribution in [0.25, 0.3) is 21.1 Å². The van der Waals surface area contributed by atoms with Gasteiger partial charge in [0.2, 0.25) is 11.8 Å². The SMILES string of the molecule is CC(=O)Nc1ccc2nc(NC(=O)Cc3cn(C)c4ccccc34)sc2c1. The number of anilines is 2. The highest BCUT2D eigenvalue weighted by atomic mass is 32.1. The first-order valence-electron chi connectivity index (χ1n) is 8.50. The van der Waals surface area contributed by atoms with Crippen molar-refractivity contribution < 1.29 is 9.59 Å². The maximum absolute atomic E-state index is 12.5. The third-order valence-electron chi connectivity index (χ3n) is 4.29. The quantitative estimate of drug-likeness (QED) is 0.565. The molecule has 4 rings (SSSR count). The first kappa shape index (κ1) is 17.2. The molecular formula is C20H18N4O2S. The number of rotatable bonds is 4. The highest BCUT2D eigenvalue weighted by Crippen LogP contribution is 2.29. The summed E-state index contributed by atoms with van der Waals surface area (Å²) in [5.74, 6) is -0.227. The number of thiazole rings is 1. The van der Waals surface area contributed by atoms with Gasteiger partial charge in [0.25, 0.3) is 0 Å². The van der Waals surface area contributed by atoms with E-state index in [1.165, 1.54) is 18.3 Å². The van der Waals surface area contributed by atoms with Crippen molar-refractivity contribution in [1.29, 1.82) is 0 Å². The minimum absolute atomic E-state index is 0.104. The second-order valence-corrected chi connectivity index (χ2v) is 7.42. The molecule has 0 spiro atoms. The van der Waals surface area contributed by atoms with Crippen LogP contribution in [-0.4, -0.2) is 21.4 Å². The summed E-state index contributed by atoms with van der Waals surface area (Å²) in [5, 5.41) is 7.27. The Morgan fingerprint density at radius 3 is 2.78 bits per heavy atom. The topological polar surface area (TPSA) is 76.0 Å². The predicted octanol–water partition coefficient (Wildman–Crippen LogP) is 3.93. The Hall–Kier alpha value is -3.19. The van der Waals surface area contributed by atoms with Gasteiger partial charge in [-0.25, -0.2) is 4.98 Å². The van der Waals surface area contributed by atoms with Crippen molar-refractivity contribution in [2.24, 2.45) is 7.05 Å². The zero-order valence-electron chi connectivity index (χ0n) is 14.9. The lowest BCUT2D eigenvalue weighted by atomic mass is 10.1. The van der Waals surface area contributed by atoms with Crippen molar-refractivity contribution in [3.63, 3.8) is 0 Å². The van der Waals surface area contributed by atoms with Gasteiger partial charge in [-0.1, -0.05) is 29.5 Å². The molecule has 0 aliphatic carbocycles. The minimum atomic E-state index is -0.123. The molecule has 0 aliphatic heterocycles. The lowest BCUT2D eigenvalue weighted by Gasteiger charge is -2.00. The van der Waals surface area contributed by atoms with E-state index in [0.717, 1.165) is 26.7 Å². The molecule has 136 valence electrons. The van der Waals surface area contributed by atoms with Gasteiger partial charge in [0.1, 0.15) is 0 Å². The fourth-order valence-electron chi connectivity index (χ4n) is 3.16. The minimum Gasteiger partial charge on any atom is -0.350 e. The molecule has 7 heteroatoms. The number of nitrogens with zero attached hydrogens (tertiary/aromatic N) is 2. The molecule has 0 unspecified atom stereocenters. The largest absolute Gasteiger partial charge is 0.350 e. The summed E-state index contributed by atoms with van der Waals surface area (Å²) < 4.78 is 2.93. The van der Waals surface area contributed by atoms with E-state index in [-0.39, 0.29) is 18.2 Å². The van der Waals surface area contributed by atoms with Crippen LogP contribution in [0, 0.1) is 0 Å². The molecule has 0 saturated carbocycles. The van der Waals surface area contributed by atoms with Crippen molar-refractivity contribution >= 4 is 55.1 Å². The Morgan fingerprint density at radius 1 is 1.15 bits per heavy atom. The summed E-state index contributed by atoms with van der Waals surface area (Å²) in [5.41, 5.74) is 3.59. The van der Waals surface area contributed by atoms with E-state index >= 15 is 0 Å². The van der Waals surface area contributed by atoms with Crippen molar-refractivity contribution in [3.8, 4) is 0 Å². The van der Waals surface area contributed by atoms with Crippen molar-refractivity contribution in [2.45, 2.75) is 13.3 Å². The highest BCUT2D eigenvalue weighted by Gasteiger charge is 2.13. The normalized spacial score (nSPS) is 11.0. The smallest absolute Gasteiger partial charge is 0.230 e. The third-order valence-corrected chi connectivity index (χ3v) is 5.22. The van der Waals surface area contributed by atoms with Gasteiger partial charge in [-0.2, -0.15) is 0 Å². The number of hydrogen-bond acceptors (Lipinski definition) is 4. The van der Waals surface area contributed by atoms with E-state index in [2.05, 4.69) is 15.6 Å². The lowest BCUT2D eigenvalue weighted by Crippen LogP contribution is -2.13. The fraction of sp³-hybridized carbons (Fsp3) is 0.150. The molecule has 4 aromatic rings. The third kappa shape index (κ3) is 3.54. The van der Waals surface area contributed by atoms with Crippen LogP contribution >= 0.6 is 11.3 Å². The molecule has 0 saturated heterocycles. The first-order valence-corrected chi connectivity index (χ1v) is 9.32. The molecule has 2 heterocycles. The van der Waals surface area contributed by atoms with Crippen LogP contribution in [0.5, 0.6) is 0 Å². The van der Waals surface area contributed by atoms with Crippen LogP contribution in [0.15, 0.2) is 48.7 Å². The molecule has 0 bridgehead atoms. The van der Waals surface area contributed by atoms with Crippen LogP contribution in [0.4, 0.5) is 10.8 Å². The molecule has 2 aromatic heterocycles. The lowest BCUT2D eigenvalue weighted by molar-refractivity contribution is -0.116. The van der Waals surface area contributed by atoms with Gasteiger partial charge in [0, 0.05) is 36.8 Å². The van der Waals surface area contributed by atoms with Gasteiger partial charge >= 0.3 is 0 Å². The maximum Gasteiger partial charge on any atom is 0.230 e. The van der Waals surface area contributed by atoms with E-state index in [4.69, 9.17) is 0 Å². The zero-order chi connectivity index (χ0) is 19.0. The van der Waals surface area contributed by atoms with Crippen LogP contribution in [0.1, 0.15) is 12.5 Å². The van der Waals surface area contributed by atoms with E-state index in [1.54, 1.807) is 6.07 Å². The van der Waals surface area contributed by atoms with Crippen LogP contribution < -0.4 is 10.6 Å². The summed E-state index contributed by atoms with van der Waals surface area (Å²) in [6, 6.07) is 13.5. The monoisotopic (exact) mass is 378 g/mol. The number of carbonyl (C=O) groups excluding carboxylic acids is 2. The van der Waals surface area contributed by atoms with Gasteiger partial charge in [0.15, 0.2) is 5.13 Å². The van der Waals surface area contributed by atoms with Crippen LogP contribution in [0.2, 0.25) is 0 Å². The molecule has 0 aliphatic rings. The number of aromatic nitrogens is 2. The molecule has 27 heavy (non-hydrogen) atoms. The molecule has 0 fully saturated rings. The molecule has 0 radical (unpaired) electrons. The number of nitrogens with one attached hydrogen (secondary N) is 2. The van der Waals surface area contributed by atoms with E-state index < -0.39 is 0 Å². The van der Waals surface area contributed by atoms with E-state index in [9.17, 15) is 9.59 Å². The Labute approximate surface area is 159 Å². The Balaban J connectivity index is 1.53. The second kappa shape index (κ2) is 6.85. The van der Waals surface area contributed by atoms with Gasteiger partial charge in [-0.3, -0.25) is 9.59 Å².